The van der Waals surface area contributed by atoms with Crippen LogP contribution in [0, 0.1) is 0 Å². The van der Waals surface area contributed by atoms with E-state index in [9.17, 15) is 0 Å². The van der Waals surface area contributed by atoms with Crippen LogP contribution in [-0.4, -0.2) is 22.6 Å². The zero-order valence-electron chi connectivity index (χ0n) is 12.2. The second kappa shape index (κ2) is 4.82. The highest BCUT2D eigenvalue weighted by Crippen LogP contribution is 2.35. The molecule has 1 aliphatic rings. The summed E-state index contributed by atoms with van der Waals surface area (Å²) in [6.45, 7) is 13.2. The quantitative estimate of drug-likeness (QED) is 0.909. The molecule has 0 saturated carbocycles. The summed E-state index contributed by atoms with van der Waals surface area (Å²) in [4.78, 5) is 7.23. The molecule has 18 heavy (non-hydrogen) atoms. The molecule has 3 nitrogen and oxygen atoms in total. The lowest BCUT2D eigenvalue weighted by Crippen LogP contribution is -2.38. The normalized spacial score (nSPS) is 19.5. The van der Waals surface area contributed by atoms with E-state index in [0.29, 0.717) is 0 Å². The first-order valence-electron chi connectivity index (χ1n) is 6.75. The molecule has 0 aliphatic carbocycles. The van der Waals surface area contributed by atoms with E-state index >= 15 is 0 Å². The highest BCUT2D eigenvalue weighted by molar-refractivity contribution is 7.13. The summed E-state index contributed by atoms with van der Waals surface area (Å²) in [6, 6.07) is 0. The summed E-state index contributed by atoms with van der Waals surface area (Å²) >= 11 is 1.77. The van der Waals surface area contributed by atoms with Gasteiger partial charge in [-0.3, -0.25) is 0 Å². The van der Waals surface area contributed by atoms with Gasteiger partial charge in [0.25, 0.3) is 0 Å². The first kappa shape index (κ1) is 13.8. The molecule has 1 aromatic heterocycles. The third kappa shape index (κ3) is 3.23. The Morgan fingerprint density at radius 3 is 2.72 bits per heavy atom. The number of anilines is 1. The number of hydrogen-bond donors (Lipinski definition) is 1. The van der Waals surface area contributed by atoms with E-state index in [1.165, 1.54) is 18.0 Å². The molecule has 1 fully saturated rings. The molecule has 1 aromatic rings. The summed E-state index contributed by atoms with van der Waals surface area (Å²) in [5, 5.41) is 6.85. The predicted molar refractivity (Wildman–Crippen MR) is 79.4 cm³/mol. The molecule has 0 amide bonds. The lowest BCUT2D eigenvalue weighted by Gasteiger charge is -2.31. The number of thiazole rings is 1. The largest absolute Gasteiger partial charge is 0.343 e. The standard InChI is InChI=1S/C14H25N3S/c1-13(2,3)15-9-11-10-18-12(16-11)17-8-6-7-14(17,4)5/h10,15H,6-9H2,1-5H3. The molecular weight excluding hydrogens is 242 g/mol. The molecular formula is C14H25N3S. The molecule has 102 valence electrons. The Bertz CT molecular complexity index is 403. The van der Waals surface area contributed by atoms with Gasteiger partial charge in [0.2, 0.25) is 0 Å². The Balaban J connectivity index is 2.02. The van der Waals surface area contributed by atoms with Gasteiger partial charge in [-0.25, -0.2) is 4.98 Å². The van der Waals surface area contributed by atoms with E-state index in [-0.39, 0.29) is 11.1 Å². The summed E-state index contributed by atoms with van der Waals surface area (Å²) < 4.78 is 0. The fourth-order valence-electron chi connectivity index (χ4n) is 2.32. The number of nitrogens with one attached hydrogen (secondary N) is 1. The van der Waals surface area contributed by atoms with E-state index in [4.69, 9.17) is 4.98 Å². The zero-order valence-corrected chi connectivity index (χ0v) is 13.0. The summed E-state index contributed by atoms with van der Waals surface area (Å²) in [7, 11) is 0. The molecule has 1 aliphatic heterocycles. The second-order valence-corrected chi connectivity index (χ2v) is 7.63. The number of rotatable bonds is 3. The van der Waals surface area contributed by atoms with Gasteiger partial charge in [-0.05, 0) is 47.5 Å². The molecule has 0 bridgehead atoms. The SMILES string of the molecule is CC(C)(C)NCc1csc(N2CCCC2(C)C)n1. The average Bonchev–Trinajstić information content (AvgIpc) is 2.79. The highest BCUT2D eigenvalue weighted by atomic mass is 32.1. The summed E-state index contributed by atoms with van der Waals surface area (Å²) in [5.74, 6) is 0. The second-order valence-electron chi connectivity index (χ2n) is 6.79. The monoisotopic (exact) mass is 267 g/mol. The smallest absolute Gasteiger partial charge is 0.185 e. The first-order chi connectivity index (χ1) is 8.28. The molecule has 0 spiro atoms. The van der Waals surface area contributed by atoms with Crippen molar-refractivity contribution in [3.63, 3.8) is 0 Å². The number of hydrogen-bond acceptors (Lipinski definition) is 4. The van der Waals surface area contributed by atoms with Crippen molar-refractivity contribution in [1.82, 2.24) is 10.3 Å². The topological polar surface area (TPSA) is 28.2 Å². The van der Waals surface area contributed by atoms with Crippen LogP contribution in [0.5, 0.6) is 0 Å². The van der Waals surface area contributed by atoms with E-state index in [2.05, 4.69) is 50.2 Å². The zero-order chi connectivity index (χ0) is 13.4. The van der Waals surface area contributed by atoms with E-state index in [1.54, 1.807) is 11.3 Å². The van der Waals surface area contributed by atoms with Crippen molar-refractivity contribution in [1.29, 1.82) is 0 Å². The third-order valence-corrected chi connectivity index (χ3v) is 4.38. The van der Waals surface area contributed by atoms with Gasteiger partial charge in [-0.15, -0.1) is 11.3 Å². The van der Waals surface area contributed by atoms with Crippen LogP contribution >= 0.6 is 11.3 Å². The molecule has 1 saturated heterocycles. The van der Waals surface area contributed by atoms with E-state index in [0.717, 1.165) is 18.8 Å². The van der Waals surface area contributed by atoms with Gasteiger partial charge in [-0.2, -0.15) is 0 Å². The van der Waals surface area contributed by atoms with Crippen molar-refractivity contribution in [2.24, 2.45) is 0 Å². The molecule has 1 N–H and O–H groups in total. The predicted octanol–water partition coefficient (Wildman–Crippen LogP) is 3.41. The minimum Gasteiger partial charge on any atom is -0.343 e. The van der Waals surface area contributed by atoms with Crippen molar-refractivity contribution in [3.8, 4) is 0 Å². The Morgan fingerprint density at radius 1 is 1.44 bits per heavy atom. The molecule has 4 heteroatoms. The van der Waals surface area contributed by atoms with Gasteiger partial charge in [0.15, 0.2) is 5.13 Å². The molecule has 2 heterocycles. The maximum atomic E-state index is 4.77. The third-order valence-electron chi connectivity index (χ3n) is 3.47. The van der Waals surface area contributed by atoms with Gasteiger partial charge in [-0.1, -0.05) is 0 Å². The van der Waals surface area contributed by atoms with Crippen molar-refractivity contribution < 1.29 is 0 Å². The minimum absolute atomic E-state index is 0.149. The van der Waals surface area contributed by atoms with Crippen LogP contribution in [0.2, 0.25) is 0 Å². The van der Waals surface area contributed by atoms with Crippen LogP contribution < -0.4 is 10.2 Å². The van der Waals surface area contributed by atoms with Gasteiger partial charge in [0.1, 0.15) is 0 Å². The molecule has 0 aromatic carbocycles. The van der Waals surface area contributed by atoms with Crippen LogP contribution in [0.15, 0.2) is 5.38 Å². The maximum Gasteiger partial charge on any atom is 0.185 e. The summed E-state index contributed by atoms with van der Waals surface area (Å²) in [5.41, 5.74) is 1.58. The molecule has 0 unspecified atom stereocenters. The molecule has 0 atom stereocenters. The van der Waals surface area contributed by atoms with Crippen LogP contribution in [0.25, 0.3) is 0 Å². The minimum atomic E-state index is 0.149. The Morgan fingerprint density at radius 2 is 2.17 bits per heavy atom. The number of aromatic nitrogens is 1. The van der Waals surface area contributed by atoms with Crippen molar-refractivity contribution in [2.75, 3.05) is 11.4 Å². The molecule has 2 rings (SSSR count). The molecule has 0 radical (unpaired) electrons. The van der Waals surface area contributed by atoms with Gasteiger partial charge in [0.05, 0.1) is 5.69 Å². The van der Waals surface area contributed by atoms with Crippen molar-refractivity contribution in [3.05, 3.63) is 11.1 Å². The lowest BCUT2D eigenvalue weighted by molar-refractivity contribution is 0.421. The fourth-order valence-corrected chi connectivity index (χ4v) is 3.33. The van der Waals surface area contributed by atoms with Crippen molar-refractivity contribution >= 4 is 16.5 Å². The van der Waals surface area contributed by atoms with Gasteiger partial charge < -0.3 is 10.2 Å². The van der Waals surface area contributed by atoms with E-state index in [1.807, 2.05) is 0 Å². The Hall–Kier alpha value is -0.610. The first-order valence-corrected chi connectivity index (χ1v) is 7.63. The summed E-state index contributed by atoms with van der Waals surface area (Å²) in [6.07, 6.45) is 2.55. The van der Waals surface area contributed by atoms with E-state index < -0.39 is 0 Å². The van der Waals surface area contributed by atoms with Crippen molar-refractivity contribution in [2.45, 2.75) is 65.1 Å². The van der Waals surface area contributed by atoms with Crippen LogP contribution in [-0.2, 0) is 6.54 Å². The van der Waals surface area contributed by atoms with Crippen LogP contribution in [0.1, 0.15) is 53.2 Å². The lowest BCUT2D eigenvalue weighted by atomic mass is 10.0. The average molecular weight is 267 g/mol. The van der Waals surface area contributed by atoms with Gasteiger partial charge in [0, 0.05) is 29.5 Å². The van der Waals surface area contributed by atoms with Crippen LogP contribution in [0.3, 0.4) is 0 Å². The Kier molecular flexibility index (Phi) is 3.70. The fraction of sp³-hybridized carbons (Fsp3) is 0.786. The maximum absolute atomic E-state index is 4.77. The van der Waals surface area contributed by atoms with Gasteiger partial charge >= 0.3 is 0 Å². The van der Waals surface area contributed by atoms with Crippen LogP contribution in [0.4, 0.5) is 5.13 Å². The number of nitrogens with zero attached hydrogens (tertiary/aromatic N) is 2. The highest BCUT2D eigenvalue weighted by Gasteiger charge is 2.33. The Labute approximate surface area is 115 Å².